The van der Waals surface area contributed by atoms with E-state index in [0.717, 1.165) is 39.7 Å². The Kier molecular flexibility index (Phi) is 13.7. The first-order chi connectivity index (χ1) is 22.7. The summed E-state index contributed by atoms with van der Waals surface area (Å²) < 4.78 is 33.0. The zero-order valence-electron chi connectivity index (χ0n) is 28.1. The van der Waals surface area contributed by atoms with E-state index in [1.54, 1.807) is 37.3 Å². The molecular formula is C35H43NO12. The molecule has 13 nitrogen and oxygen atoms in total. The van der Waals surface area contributed by atoms with Crippen molar-refractivity contribution < 1.29 is 57.2 Å². The molecule has 48 heavy (non-hydrogen) atoms. The fourth-order valence-corrected chi connectivity index (χ4v) is 5.23. The number of ether oxygens (including phenoxy) is 6. The van der Waals surface area contributed by atoms with E-state index in [2.05, 4.69) is 19.2 Å². The number of hydrogen-bond acceptors (Lipinski definition) is 12. The molecule has 1 heterocycles. The van der Waals surface area contributed by atoms with Crippen LogP contribution in [0.3, 0.4) is 0 Å². The quantitative estimate of drug-likeness (QED) is 0.244. The SMILES string of the molecule is CC(=O)OC[C@H]1O[C@@H](OC(C)=O)[C@H](NC(=O)C(OC(=O)C(C)c2ccc(CC(C)C)cc2)c2ccccc2)[C@@H](OC(C)=O)[C@@H]1OC(C)=O. The van der Waals surface area contributed by atoms with Crippen LogP contribution in [0.25, 0.3) is 0 Å². The summed E-state index contributed by atoms with van der Waals surface area (Å²) in [5, 5.41) is 2.63. The standard InChI is InChI=1S/C35H43NO12/c1-19(2)17-25-13-15-26(16-14-25)20(3)34(42)48-30(27-11-9-8-10-12-27)33(41)36-29-32(45-23(6)39)31(44-22(5)38)28(18-43-21(4)37)47-35(29)46-24(7)40/h8-16,19-20,28-32,35H,17-18H2,1-7H3,(H,36,41)/t20?,28-,29-,30?,31-,32-,35-/m1/s1. The van der Waals surface area contributed by atoms with Crippen LogP contribution < -0.4 is 5.32 Å². The number of rotatable bonds is 13. The molecule has 1 aliphatic rings. The molecule has 0 bridgehead atoms. The summed E-state index contributed by atoms with van der Waals surface area (Å²) in [5.41, 5.74) is 2.13. The Morgan fingerprint density at radius 3 is 1.85 bits per heavy atom. The first-order valence-electron chi connectivity index (χ1n) is 15.6. The van der Waals surface area contributed by atoms with Crippen LogP contribution >= 0.6 is 0 Å². The number of amides is 1. The Balaban J connectivity index is 1.97. The highest BCUT2D eigenvalue weighted by Crippen LogP contribution is 2.30. The highest BCUT2D eigenvalue weighted by Gasteiger charge is 2.53. The van der Waals surface area contributed by atoms with Crippen molar-refractivity contribution >= 4 is 35.8 Å². The molecule has 7 atom stereocenters. The number of hydrogen-bond donors (Lipinski definition) is 1. The second-order valence-electron chi connectivity index (χ2n) is 11.9. The van der Waals surface area contributed by atoms with E-state index in [0.29, 0.717) is 17.0 Å². The van der Waals surface area contributed by atoms with Crippen LogP contribution in [0.15, 0.2) is 54.6 Å². The number of nitrogens with one attached hydrogen (secondary N) is 1. The minimum absolute atomic E-state index is 0.317. The van der Waals surface area contributed by atoms with Crippen LogP contribution in [0.1, 0.15) is 77.2 Å². The minimum atomic E-state index is -1.61. The van der Waals surface area contributed by atoms with Crippen molar-refractivity contribution in [2.75, 3.05) is 6.61 Å². The van der Waals surface area contributed by atoms with E-state index in [1.807, 2.05) is 24.3 Å². The summed E-state index contributed by atoms with van der Waals surface area (Å²) >= 11 is 0. The minimum Gasteiger partial charge on any atom is -0.463 e. The van der Waals surface area contributed by atoms with Crippen molar-refractivity contribution in [3.8, 4) is 0 Å². The molecule has 2 aromatic carbocycles. The summed E-state index contributed by atoms with van der Waals surface area (Å²) in [6.07, 6.45) is -6.42. The number of esters is 5. The van der Waals surface area contributed by atoms with Gasteiger partial charge in [-0.2, -0.15) is 0 Å². The third kappa shape index (κ3) is 10.9. The molecule has 0 spiro atoms. The van der Waals surface area contributed by atoms with Crippen molar-refractivity contribution in [3.05, 3.63) is 71.3 Å². The molecule has 1 amide bonds. The summed E-state index contributed by atoms with van der Waals surface area (Å²) in [5.74, 6) is -4.98. The molecule has 0 radical (unpaired) electrons. The van der Waals surface area contributed by atoms with E-state index >= 15 is 0 Å². The van der Waals surface area contributed by atoms with Crippen molar-refractivity contribution in [2.24, 2.45) is 5.92 Å². The zero-order valence-corrected chi connectivity index (χ0v) is 28.1. The molecule has 3 rings (SSSR count). The highest BCUT2D eigenvalue weighted by molar-refractivity contribution is 5.87. The maximum atomic E-state index is 14.0. The summed E-state index contributed by atoms with van der Waals surface area (Å²) in [6, 6.07) is 14.3. The fourth-order valence-electron chi connectivity index (χ4n) is 5.23. The van der Waals surface area contributed by atoms with Crippen LogP contribution in [-0.4, -0.2) is 73.0 Å². The first kappa shape index (κ1) is 37.7. The van der Waals surface area contributed by atoms with Gasteiger partial charge in [-0.1, -0.05) is 68.4 Å². The van der Waals surface area contributed by atoms with E-state index < -0.39 is 85.0 Å². The predicted molar refractivity (Wildman–Crippen MR) is 169 cm³/mol. The molecule has 2 aromatic rings. The lowest BCUT2D eigenvalue weighted by molar-refractivity contribution is -0.271. The fraction of sp³-hybridized carbons (Fsp3) is 0.486. The van der Waals surface area contributed by atoms with Gasteiger partial charge >= 0.3 is 29.8 Å². The van der Waals surface area contributed by atoms with Gasteiger partial charge in [0.2, 0.25) is 12.4 Å². The predicted octanol–water partition coefficient (Wildman–Crippen LogP) is 3.47. The monoisotopic (exact) mass is 669 g/mol. The van der Waals surface area contributed by atoms with Crippen LogP contribution in [0, 0.1) is 5.92 Å². The summed E-state index contributed by atoms with van der Waals surface area (Å²) in [4.78, 5) is 75.6. The van der Waals surface area contributed by atoms with Gasteiger partial charge in [0, 0.05) is 33.3 Å². The van der Waals surface area contributed by atoms with Crippen LogP contribution in [0.5, 0.6) is 0 Å². The zero-order chi connectivity index (χ0) is 35.5. The summed E-state index contributed by atoms with van der Waals surface area (Å²) in [7, 11) is 0. The number of carbonyl (C=O) groups excluding carboxylic acids is 6. The molecule has 1 N–H and O–H groups in total. The van der Waals surface area contributed by atoms with Gasteiger partial charge in [-0.25, -0.2) is 0 Å². The van der Waals surface area contributed by atoms with E-state index in [9.17, 15) is 28.8 Å². The second-order valence-corrected chi connectivity index (χ2v) is 11.9. The lowest BCUT2D eigenvalue weighted by atomic mass is 9.95. The first-order valence-corrected chi connectivity index (χ1v) is 15.6. The van der Waals surface area contributed by atoms with E-state index in [4.69, 9.17) is 28.4 Å². The Bertz CT molecular complexity index is 1440. The molecule has 2 unspecified atom stereocenters. The third-order valence-corrected chi connectivity index (χ3v) is 7.34. The smallest absolute Gasteiger partial charge is 0.314 e. The Morgan fingerprint density at radius 1 is 0.729 bits per heavy atom. The summed E-state index contributed by atoms with van der Waals surface area (Å²) in [6.45, 7) is 9.85. The van der Waals surface area contributed by atoms with Gasteiger partial charge in [0.1, 0.15) is 18.8 Å². The lowest BCUT2D eigenvalue weighted by Gasteiger charge is -2.44. The van der Waals surface area contributed by atoms with Gasteiger partial charge in [-0.05, 0) is 30.4 Å². The van der Waals surface area contributed by atoms with Crippen molar-refractivity contribution in [2.45, 2.75) is 97.6 Å². The maximum Gasteiger partial charge on any atom is 0.314 e. The molecule has 1 saturated heterocycles. The normalized spacial score (nSPS) is 21.6. The lowest BCUT2D eigenvalue weighted by Crippen LogP contribution is -2.67. The Labute approximate surface area is 279 Å². The van der Waals surface area contributed by atoms with Crippen molar-refractivity contribution in [1.29, 1.82) is 0 Å². The second kappa shape index (κ2) is 17.4. The highest BCUT2D eigenvalue weighted by atomic mass is 16.7. The number of carbonyl (C=O) groups is 6. The molecule has 260 valence electrons. The van der Waals surface area contributed by atoms with Crippen LogP contribution in [0.4, 0.5) is 0 Å². The molecule has 0 aromatic heterocycles. The molecule has 1 fully saturated rings. The molecule has 0 aliphatic carbocycles. The van der Waals surface area contributed by atoms with Gasteiger partial charge < -0.3 is 33.7 Å². The largest absolute Gasteiger partial charge is 0.463 e. The topological polar surface area (TPSA) is 170 Å². The van der Waals surface area contributed by atoms with Crippen LogP contribution in [-0.2, 0) is 63.6 Å². The molecule has 0 saturated carbocycles. The van der Waals surface area contributed by atoms with E-state index in [1.165, 1.54) is 0 Å². The molecular weight excluding hydrogens is 626 g/mol. The van der Waals surface area contributed by atoms with Crippen molar-refractivity contribution in [3.63, 3.8) is 0 Å². The Morgan fingerprint density at radius 2 is 1.31 bits per heavy atom. The van der Waals surface area contributed by atoms with Crippen LogP contribution in [0.2, 0.25) is 0 Å². The third-order valence-electron chi connectivity index (χ3n) is 7.34. The van der Waals surface area contributed by atoms with Gasteiger partial charge in [-0.3, -0.25) is 28.8 Å². The van der Waals surface area contributed by atoms with Gasteiger partial charge in [0.05, 0.1) is 5.92 Å². The van der Waals surface area contributed by atoms with E-state index in [-0.39, 0.29) is 0 Å². The van der Waals surface area contributed by atoms with Gasteiger partial charge in [-0.15, -0.1) is 0 Å². The van der Waals surface area contributed by atoms with Gasteiger partial charge in [0.25, 0.3) is 5.91 Å². The average Bonchev–Trinajstić information content (AvgIpc) is 3.01. The van der Waals surface area contributed by atoms with Gasteiger partial charge in [0.15, 0.2) is 12.2 Å². The average molecular weight is 670 g/mol. The molecule has 1 aliphatic heterocycles. The molecule has 13 heteroatoms. The maximum absolute atomic E-state index is 14.0. The Hall–Kier alpha value is -4.78. The number of benzene rings is 2. The van der Waals surface area contributed by atoms with Crippen molar-refractivity contribution in [1.82, 2.24) is 5.32 Å².